The van der Waals surface area contributed by atoms with Gasteiger partial charge in [-0.25, -0.2) is 10.4 Å². The average Bonchev–Trinajstić information content (AvgIpc) is 2.89. The second kappa shape index (κ2) is 5.00. The molecule has 0 aliphatic rings. The fourth-order valence-electron chi connectivity index (χ4n) is 1.88. The number of hydrogen-bond acceptors (Lipinski definition) is 4. The number of imidazole rings is 1. The van der Waals surface area contributed by atoms with E-state index in [-0.39, 0.29) is 6.04 Å². The lowest BCUT2D eigenvalue weighted by Gasteiger charge is -2.15. The molecule has 92 valence electrons. The van der Waals surface area contributed by atoms with E-state index in [1.807, 2.05) is 12.4 Å². The molecule has 2 aromatic heterocycles. The molecule has 2 heterocycles. The van der Waals surface area contributed by atoms with Crippen molar-refractivity contribution in [1.82, 2.24) is 15.0 Å². The zero-order valence-electron chi connectivity index (χ0n) is 10.4. The fourth-order valence-corrected chi connectivity index (χ4v) is 2.98. The monoisotopic (exact) mass is 250 g/mol. The highest BCUT2D eigenvalue weighted by Gasteiger charge is 2.19. The molecule has 3 N–H and O–H groups in total. The number of thiophene rings is 1. The minimum atomic E-state index is -0.0256. The molecule has 1 atom stereocenters. The number of aromatic nitrogens is 2. The van der Waals surface area contributed by atoms with Crippen LogP contribution in [-0.2, 0) is 6.54 Å². The van der Waals surface area contributed by atoms with Crippen LogP contribution in [0.15, 0.2) is 18.5 Å². The maximum atomic E-state index is 5.68. The minimum absolute atomic E-state index is 0.0256. The molecule has 2 rings (SSSR count). The molecule has 0 bridgehead atoms. The van der Waals surface area contributed by atoms with Gasteiger partial charge >= 0.3 is 0 Å². The third kappa shape index (κ3) is 2.26. The molecular weight excluding hydrogens is 232 g/mol. The Morgan fingerprint density at radius 3 is 2.82 bits per heavy atom. The first-order chi connectivity index (χ1) is 8.17. The van der Waals surface area contributed by atoms with E-state index < -0.39 is 0 Å². The van der Waals surface area contributed by atoms with Crippen LogP contribution in [0.1, 0.15) is 34.1 Å². The van der Waals surface area contributed by atoms with Gasteiger partial charge in [-0.1, -0.05) is 0 Å². The topological polar surface area (TPSA) is 55.9 Å². The van der Waals surface area contributed by atoms with Crippen LogP contribution in [0.4, 0.5) is 0 Å². The van der Waals surface area contributed by atoms with Gasteiger partial charge in [-0.2, -0.15) is 0 Å². The highest BCUT2D eigenvalue weighted by molar-refractivity contribution is 7.12. The van der Waals surface area contributed by atoms with Crippen LogP contribution < -0.4 is 11.3 Å². The van der Waals surface area contributed by atoms with Gasteiger partial charge in [-0.05, 0) is 32.4 Å². The van der Waals surface area contributed by atoms with Crippen LogP contribution >= 0.6 is 11.3 Å². The molecule has 0 saturated carbocycles. The van der Waals surface area contributed by atoms with Gasteiger partial charge in [-0.15, -0.1) is 11.3 Å². The molecule has 5 heteroatoms. The van der Waals surface area contributed by atoms with Crippen molar-refractivity contribution in [2.75, 3.05) is 0 Å². The van der Waals surface area contributed by atoms with E-state index in [0.29, 0.717) is 0 Å². The van der Waals surface area contributed by atoms with Gasteiger partial charge < -0.3 is 4.57 Å². The lowest BCUT2D eigenvalue weighted by Crippen LogP contribution is -2.30. The molecule has 4 nitrogen and oxygen atoms in total. The summed E-state index contributed by atoms with van der Waals surface area (Å²) in [6, 6.07) is 2.15. The smallest absolute Gasteiger partial charge is 0.132 e. The summed E-state index contributed by atoms with van der Waals surface area (Å²) < 4.78 is 2.11. The van der Waals surface area contributed by atoms with Gasteiger partial charge in [0.05, 0.1) is 0 Å². The van der Waals surface area contributed by atoms with Crippen LogP contribution in [0.2, 0.25) is 0 Å². The first-order valence-corrected chi connectivity index (χ1v) is 6.53. The molecule has 2 aromatic rings. The number of rotatable bonds is 4. The number of nitrogens with two attached hydrogens (primary N) is 1. The van der Waals surface area contributed by atoms with Gasteiger partial charge in [0.2, 0.25) is 0 Å². The largest absolute Gasteiger partial charge is 0.334 e. The van der Waals surface area contributed by atoms with E-state index >= 15 is 0 Å². The number of aryl methyl sites for hydroxylation is 3. The van der Waals surface area contributed by atoms with Crippen molar-refractivity contribution in [2.24, 2.45) is 5.84 Å². The summed E-state index contributed by atoms with van der Waals surface area (Å²) in [4.78, 5) is 6.94. The Hall–Kier alpha value is -1.17. The lowest BCUT2D eigenvalue weighted by molar-refractivity contribution is 0.567. The first kappa shape index (κ1) is 12.3. The van der Waals surface area contributed by atoms with Gasteiger partial charge in [0.1, 0.15) is 11.9 Å². The van der Waals surface area contributed by atoms with Gasteiger partial charge in [0, 0.05) is 28.7 Å². The third-order valence-corrected chi connectivity index (χ3v) is 4.20. The number of nitrogens with one attached hydrogen (secondary N) is 1. The SMILES string of the molecule is CCn1ccnc1C(NN)c1cc(C)c(C)s1. The summed E-state index contributed by atoms with van der Waals surface area (Å²) in [5.41, 5.74) is 4.17. The van der Waals surface area contributed by atoms with Gasteiger partial charge in [0.25, 0.3) is 0 Å². The van der Waals surface area contributed by atoms with Crippen molar-refractivity contribution in [3.63, 3.8) is 0 Å². The van der Waals surface area contributed by atoms with Crippen molar-refractivity contribution in [1.29, 1.82) is 0 Å². The van der Waals surface area contributed by atoms with Crippen LogP contribution in [0.25, 0.3) is 0 Å². The normalized spacial score (nSPS) is 12.9. The van der Waals surface area contributed by atoms with Gasteiger partial charge in [-0.3, -0.25) is 5.84 Å². The summed E-state index contributed by atoms with van der Waals surface area (Å²) in [5, 5.41) is 0. The van der Waals surface area contributed by atoms with Crippen molar-refractivity contribution in [3.05, 3.63) is 39.6 Å². The molecule has 0 aliphatic heterocycles. The fraction of sp³-hybridized carbons (Fsp3) is 0.417. The van der Waals surface area contributed by atoms with Crippen molar-refractivity contribution in [3.8, 4) is 0 Å². The molecule has 0 saturated heterocycles. The average molecular weight is 250 g/mol. The second-order valence-corrected chi connectivity index (χ2v) is 5.35. The number of hydrogen-bond donors (Lipinski definition) is 2. The second-order valence-electron chi connectivity index (χ2n) is 4.06. The Morgan fingerprint density at radius 1 is 1.53 bits per heavy atom. The molecule has 0 radical (unpaired) electrons. The van der Waals surface area contributed by atoms with E-state index in [1.54, 1.807) is 11.3 Å². The zero-order chi connectivity index (χ0) is 12.4. The van der Waals surface area contributed by atoms with Gasteiger partial charge in [0.15, 0.2) is 0 Å². The third-order valence-electron chi connectivity index (χ3n) is 2.98. The van der Waals surface area contributed by atoms with E-state index in [1.165, 1.54) is 15.3 Å². The Labute approximate surface area is 105 Å². The Bertz CT molecular complexity index is 481. The molecule has 0 aromatic carbocycles. The van der Waals surface area contributed by atoms with E-state index in [9.17, 15) is 0 Å². The first-order valence-electron chi connectivity index (χ1n) is 5.71. The maximum Gasteiger partial charge on any atom is 0.132 e. The van der Waals surface area contributed by atoms with Crippen molar-refractivity contribution < 1.29 is 0 Å². The summed E-state index contributed by atoms with van der Waals surface area (Å²) in [6.45, 7) is 7.25. The van der Waals surface area contributed by atoms with E-state index in [2.05, 4.69) is 41.8 Å². The summed E-state index contributed by atoms with van der Waals surface area (Å²) in [5.74, 6) is 6.65. The molecule has 0 fully saturated rings. The van der Waals surface area contributed by atoms with Crippen LogP contribution in [0.5, 0.6) is 0 Å². The highest BCUT2D eigenvalue weighted by Crippen LogP contribution is 2.29. The summed E-state index contributed by atoms with van der Waals surface area (Å²) in [6.07, 6.45) is 3.80. The quantitative estimate of drug-likeness (QED) is 0.645. The van der Waals surface area contributed by atoms with Crippen LogP contribution in [0, 0.1) is 13.8 Å². The molecule has 0 amide bonds. The summed E-state index contributed by atoms with van der Waals surface area (Å²) in [7, 11) is 0. The minimum Gasteiger partial charge on any atom is -0.334 e. The van der Waals surface area contributed by atoms with E-state index in [4.69, 9.17) is 5.84 Å². The van der Waals surface area contributed by atoms with Crippen molar-refractivity contribution >= 4 is 11.3 Å². The molecule has 0 spiro atoms. The van der Waals surface area contributed by atoms with Crippen LogP contribution in [0.3, 0.4) is 0 Å². The zero-order valence-corrected chi connectivity index (χ0v) is 11.2. The maximum absolute atomic E-state index is 5.68. The standard InChI is InChI=1S/C12H18N4S/c1-4-16-6-5-14-12(16)11(15-13)10-7-8(2)9(3)17-10/h5-7,11,15H,4,13H2,1-3H3. The summed E-state index contributed by atoms with van der Waals surface area (Å²) >= 11 is 1.77. The van der Waals surface area contributed by atoms with Crippen molar-refractivity contribution in [2.45, 2.75) is 33.4 Å². The lowest BCUT2D eigenvalue weighted by atomic mass is 10.2. The number of nitrogens with zero attached hydrogens (tertiary/aromatic N) is 2. The Kier molecular flexibility index (Phi) is 3.61. The molecule has 1 unspecified atom stereocenters. The van der Waals surface area contributed by atoms with E-state index in [0.717, 1.165) is 12.4 Å². The number of hydrazine groups is 1. The molecular formula is C12H18N4S. The highest BCUT2D eigenvalue weighted by atomic mass is 32.1. The molecule has 17 heavy (non-hydrogen) atoms. The predicted octanol–water partition coefficient (Wildman–Crippen LogP) is 2.13. The Morgan fingerprint density at radius 2 is 2.29 bits per heavy atom. The Balaban J connectivity index is 2.40. The van der Waals surface area contributed by atoms with Crippen LogP contribution in [-0.4, -0.2) is 9.55 Å². The molecule has 0 aliphatic carbocycles. The predicted molar refractivity (Wildman–Crippen MR) is 70.9 cm³/mol.